The van der Waals surface area contributed by atoms with Crippen LogP contribution in [0.5, 0.6) is 0 Å². The Labute approximate surface area is 167 Å². The van der Waals surface area contributed by atoms with Crippen LogP contribution in [-0.2, 0) is 4.79 Å². The van der Waals surface area contributed by atoms with E-state index in [1.54, 1.807) is 30.3 Å². The molecule has 0 saturated heterocycles. The van der Waals surface area contributed by atoms with Crippen LogP contribution in [0.3, 0.4) is 0 Å². The molecule has 0 aliphatic carbocycles. The topological polar surface area (TPSA) is 66.5 Å². The van der Waals surface area contributed by atoms with Crippen molar-refractivity contribution in [3.8, 4) is 0 Å². The zero-order valence-electron chi connectivity index (χ0n) is 14.8. The first-order chi connectivity index (χ1) is 13.0. The smallest absolute Gasteiger partial charge is 0.261 e. The van der Waals surface area contributed by atoms with Crippen LogP contribution in [0.15, 0.2) is 48.5 Å². The number of thioether (sulfide) groups is 1. The van der Waals surface area contributed by atoms with Gasteiger partial charge in [-0.25, -0.2) is 0 Å². The Hall–Kier alpha value is -2.31. The fourth-order valence-electron chi connectivity index (χ4n) is 2.95. The van der Waals surface area contributed by atoms with E-state index >= 15 is 0 Å². The lowest BCUT2D eigenvalue weighted by molar-refractivity contribution is -0.119. The Morgan fingerprint density at radius 1 is 1.07 bits per heavy atom. The van der Waals surface area contributed by atoms with E-state index in [1.807, 2.05) is 25.1 Å². The summed E-state index contributed by atoms with van der Waals surface area (Å²) in [5.74, 6) is 0.0906. The lowest BCUT2D eigenvalue weighted by atomic mass is 10.1. The second-order valence-electron chi connectivity index (χ2n) is 6.17. The van der Waals surface area contributed by atoms with E-state index in [1.165, 1.54) is 16.7 Å². The summed E-state index contributed by atoms with van der Waals surface area (Å²) in [5.41, 5.74) is 1.75. The number of nitrogens with zero attached hydrogens (tertiary/aromatic N) is 1. The zero-order valence-corrected chi connectivity index (χ0v) is 16.3. The number of fused-ring (bicyclic) bond motifs is 1. The first-order valence-corrected chi connectivity index (χ1v) is 10.1. The van der Waals surface area contributed by atoms with Crippen molar-refractivity contribution in [2.75, 3.05) is 18.1 Å². The van der Waals surface area contributed by atoms with E-state index in [0.29, 0.717) is 21.9 Å². The molecule has 0 bridgehead atoms. The van der Waals surface area contributed by atoms with Crippen LogP contribution in [0.2, 0.25) is 5.02 Å². The van der Waals surface area contributed by atoms with Gasteiger partial charge in [-0.05, 0) is 30.7 Å². The van der Waals surface area contributed by atoms with Gasteiger partial charge in [-0.15, -0.1) is 0 Å². The summed E-state index contributed by atoms with van der Waals surface area (Å²) in [5, 5.41) is 3.52. The monoisotopic (exact) mass is 402 g/mol. The van der Waals surface area contributed by atoms with Gasteiger partial charge >= 0.3 is 0 Å². The van der Waals surface area contributed by atoms with E-state index in [9.17, 15) is 14.4 Å². The Morgan fingerprint density at radius 2 is 1.67 bits per heavy atom. The molecule has 1 heterocycles. The van der Waals surface area contributed by atoms with Crippen LogP contribution in [0.1, 0.15) is 39.2 Å². The molecule has 0 fully saturated rings. The summed E-state index contributed by atoms with van der Waals surface area (Å²) in [6.07, 6.45) is 0. The number of hydrogen-bond donors (Lipinski definition) is 1. The minimum Gasteiger partial charge on any atom is -0.349 e. The molecular formula is C20H19ClN2O3S. The molecular weight excluding hydrogens is 384 g/mol. The number of hydrogen-bond acceptors (Lipinski definition) is 4. The fraction of sp³-hybridized carbons (Fsp3) is 0.250. The quantitative estimate of drug-likeness (QED) is 0.568. The van der Waals surface area contributed by atoms with Gasteiger partial charge in [0.25, 0.3) is 11.8 Å². The molecule has 2 aromatic carbocycles. The van der Waals surface area contributed by atoms with Crippen molar-refractivity contribution in [2.45, 2.75) is 13.0 Å². The first kappa shape index (κ1) is 19.5. The van der Waals surface area contributed by atoms with Crippen molar-refractivity contribution in [1.82, 2.24) is 10.2 Å². The normalized spacial score (nSPS) is 14.2. The Morgan fingerprint density at radius 3 is 2.30 bits per heavy atom. The molecule has 1 atom stereocenters. The van der Waals surface area contributed by atoms with Crippen LogP contribution in [0.25, 0.3) is 0 Å². The van der Waals surface area contributed by atoms with Gasteiger partial charge in [-0.2, -0.15) is 11.8 Å². The molecule has 5 nitrogen and oxygen atoms in total. The number of carbonyl (C=O) groups is 3. The second-order valence-corrected chi connectivity index (χ2v) is 7.68. The predicted molar refractivity (Wildman–Crippen MR) is 107 cm³/mol. The third-order valence-corrected chi connectivity index (χ3v) is 5.60. The summed E-state index contributed by atoms with van der Waals surface area (Å²) >= 11 is 7.52. The number of amides is 3. The van der Waals surface area contributed by atoms with Crippen LogP contribution in [0.4, 0.5) is 0 Å². The number of imide groups is 1. The molecule has 3 rings (SSSR count). The molecule has 2 aromatic rings. The fourth-order valence-corrected chi connectivity index (χ4v) is 3.97. The molecule has 1 unspecified atom stereocenters. The Kier molecular flexibility index (Phi) is 6.19. The molecule has 7 heteroatoms. The third-order valence-electron chi connectivity index (χ3n) is 4.32. The number of halogens is 1. The predicted octanol–water partition coefficient (Wildman–Crippen LogP) is 3.55. The summed E-state index contributed by atoms with van der Waals surface area (Å²) < 4.78 is 0. The molecule has 0 radical (unpaired) electrons. The molecule has 3 amide bonds. The van der Waals surface area contributed by atoms with Gasteiger partial charge in [-0.3, -0.25) is 19.3 Å². The molecule has 1 aliphatic heterocycles. The van der Waals surface area contributed by atoms with Crippen LogP contribution in [-0.4, -0.2) is 40.7 Å². The zero-order chi connectivity index (χ0) is 19.4. The van der Waals surface area contributed by atoms with Crippen molar-refractivity contribution in [1.29, 1.82) is 0 Å². The van der Waals surface area contributed by atoms with E-state index in [-0.39, 0.29) is 36.1 Å². The van der Waals surface area contributed by atoms with Crippen molar-refractivity contribution < 1.29 is 14.4 Å². The molecule has 0 saturated carbocycles. The minimum atomic E-state index is -0.270. The maximum Gasteiger partial charge on any atom is 0.261 e. The van der Waals surface area contributed by atoms with Gasteiger partial charge in [-0.1, -0.05) is 41.9 Å². The molecule has 1 aliphatic rings. The largest absolute Gasteiger partial charge is 0.349 e. The summed E-state index contributed by atoms with van der Waals surface area (Å²) in [7, 11) is 0. The molecule has 0 spiro atoms. The lowest BCUT2D eigenvalue weighted by Crippen LogP contribution is -2.32. The Balaban J connectivity index is 1.44. The molecule has 27 heavy (non-hydrogen) atoms. The summed E-state index contributed by atoms with van der Waals surface area (Å²) in [4.78, 5) is 37.9. The van der Waals surface area contributed by atoms with Crippen molar-refractivity contribution in [3.05, 3.63) is 70.2 Å². The van der Waals surface area contributed by atoms with Gasteiger partial charge in [0.2, 0.25) is 5.91 Å². The van der Waals surface area contributed by atoms with Gasteiger partial charge in [0, 0.05) is 17.3 Å². The first-order valence-electron chi connectivity index (χ1n) is 8.56. The SMILES string of the molecule is CC(NC(=O)CSCCN1C(=O)c2ccccc2C1=O)c1ccccc1Cl. The highest BCUT2D eigenvalue weighted by Crippen LogP contribution is 2.23. The van der Waals surface area contributed by atoms with Gasteiger partial charge < -0.3 is 5.32 Å². The maximum atomic E-state index is 12.3. The molecule has 140 valence electrons. The third kappa shape index (κ3) is 4.34. The highest BCUT2D eigenvalue weighted by atomic mass is 35.5. The average Bonchev–Trinajstić information content (AvgIpc) is 2.90. The van der Waals surface area contributed by atoms with Gasteiger partial charge in [0.15, 0.2) is 0 Å². The molecule has 0 aromatic heterocycles. The second kappa shape index (κ2) is 8.59. The highest BCUT2D eigenvalue weighted by Gasteiger charge is 2.34. The minimum absolute atomic E-state index is 0.116. The number of rotatable bonds is 7. The summed E-state index contributed by atoms with van der Waals surface area (Å²) in [6.45, 7) is 2.16. The van der Waals surface area contributed by atoms with Crippen LogP contribution < -0.4 is 5.32 Å². The maximum absolute atomic E-state index is 12.3. The van der Waals surface area contributed by atoms with E-state index in [0.717, 1.165) is 5.56 Å². The highest BCUT2D eigenvalue weighted by molar-refractivity contribution is 7.99. The summed E-state index contributed by atoms with van der Waals surface area (Å²) in [6, 6.07) is 14.0. The van der Waals surface area contributed by atoms with Gasteiger partial charge in [0.05, 0.1) is 22.9 Å². The number of nitrogens with one attached hydrogen (secondary N) is 1. The van der Waals surface area contributed by atoms with Crippen molar-refractivity contribution in [2.24, 2.45) is 0 Å². The van der Waals surface area contributed by atoms with E-state index in [4.69, 9.17) is 11.6 Å². The average molecular weight is 403 g/mol. The number of carbonyl (C=O) groups excluding carboxylic acids is 3. The van der Waals surface area contributed by atoms with E-state index in [2.05, 4.69) is 5.32 Å². The van der Waals surface area contributed by atoms with E-state index < -0.39 is 0 Å². The standard InChI is InChI=1S/C20H19ClN2O3S/c1-13(14-6-4-5-9-17(14)21)22-18(24)12-27-11-10-23-19(25)15-7-2-3-8-16(15)20(23)26/h2-9,13H,10-12H2,1H3,(H,22,24). The van der Waals surface area contributed by atoms with Crippen molar-refractivity contribution in [3.63, 3.8) is 0 Å². The van der Waals surface area contributed by atoms with Crippen LogP contribution in [0, 0.1) is 0 Å². The van der Waals surface area contributed by atoms with Crippen molar-refractivity contribution >= 4 is 41.1 Å². The van der Waals surface area contributed by atoms with Gasteiger partial charge in [0.1, 0.15) is 0 Å². The molecule has 1 N–H and O–H groups in total. The lowest BCUT2D eigenvalue weighted by Gasteiger charge is -2.16. The van der Waals surface area contributed by atoms with Crippen LogP contribution >= 0.6 is 23.4 Å². The Bertz CT molecular complexity index is 852. The number of benzene rings is 2.